The minimum atomic E-state index is 0.204. The number of carbonyl (C=O) groups excluding carboxylic acids is 1. The highest BCUT2D eigenvalue weighted by molar-refractivity contribution is 9.09. The van der Waals surface area contributed by atoms with E-state index in [9.17, 15) is 4.79 Å². The number of halogens is 1. The molecule has 3 heteroatoms. The van der Waals surface area contributed by atoms with Gasteiger partial charge in [-0.2, -0.15) is 0 Å². The highest BCUT2D eigenvalue weighted by Crippen LogP contribution is 2.01. The van der Waals surface area contributed by atoms with Gasteiger partial charge in [-0.25, -0.2) is 0 Å². The lowest BCUT2D eigenvalue weighted by Crippen LogP contribution is -2.26. The molecule has 0 saturated heterocycles. The normalized spacial score (nSPS) is 9.50. The van der Waals surface area contributed by atoms with Crippen LogP contribution < -0.4 is 0 Å². The van der Waals surface area contributed by atoms with Crippen molar-refractivity contribution in [3.8, 4) is 0 Å². The van der Waals surface area contributed by atoms with Crippen LogP contribution in [-0.2, 0) is 4.79 Å². The maximum Gasteiger partial charge on any atom is 0.222 e. The summed E-state index contributed by atoms with van der Waals surface area (Å²) in [5, 5.41) is 0.978. The lowest BCUT2D eigenvalue weighted by atomic mass is 10.2. The molecule has 0 bridgehead atoms. The molecule has 2 nitrogen and oxygen atoms in total. The van der Waals surface area contributed by atoms with Crippen molar-refractivity contribution in [1.29, 1.82) is 0 Å². The van der Waals surface area contributed by atoms with Gasteiger partial charge >= 0.3 is 0 Å². The smallest absolute Gasteiger partial charge is 0.222 e. The molecule has 0 aromatic carbocycles. The average molecular weight is 234 g/mol. The van der Waals surface area contributed by atoms with Crippen molar-refractivity contribution in [2.24, 2.45) is 0 Å². The fourth-order valence-corrected chi connectivity index (χ4v) is 1.25. The van der Waals surface area contributed by atoms with Gasteiger partial charge in [0.2, 0.25) is 5.91 Å². The number of unbranched alkanes of at least 4 members (excludes halogenated alkanes) is 1. The summed E-state index contributed by atoms with van der Waals surface area (Å²) in [6.45, 7) is 4.22. The van der Waals surface area contributed by atoms with Crippen LogP contribution in [0.5, 0.6) is 0 Å². The molecular weight excluding hydrogens is 218 g/mol. The number of hydrogen-bond acceptors (Lipinski definition) is 1. The van der Waals surface area contributed by atoms with Crippen molar-refractivity contribution in [3.63, 3.8) is 0 Å². The molecule has 0 unspecified atom stereocenters. The number of amides is 1. The van der Waals surface area contributed by atoms with E-state index in [4.69, 9.17) is 0 Å². The summed E-state index contributed by atoms with van der Waals surface area (Å²) in [6.07, 6.45) is 4.41. The Hall–Kier alpha value is -0.310. The van der Waals surface area contributed by atoms with Crippen molar-refractivity contribution in [3.05, 3.63) is 12.7 Å². The summed E-state index contributed by atoms with van der Waals surface area (Å²) < 4.78 is 0. The first-order chi connectivity index (χ1) is 5.72. The molecule has 0 rings (SSSR count). The lowest BCUT2D eigenvalue weighted by molar-refractivity contribution is -0.129. The van der Waals surface area contributed by atoms with Gasteiger partial charge in [-0.05, 0) is 12.8 Å². The maximum absolute atomic E-state index is 11.3. The predicted octanol–water partition coefficient (Wildman–Crippen LogP) is 2.20. The van der Waals surface area contributed by atoms with Gasteiger partial charge < -0.3 is 4.90 Å². The van der Waals surface area contributed by atoms with E-state index in [2.05, 4.69) is 22.5 Å². The number of alkyl halides is 1. The Balaban J connectivity index is 3.49. The fourth-order valence-electron chi connectivity index (χ4n) is 0.857. The topological polar surface area (TPSA) is 20.3 Å². The van der Waals surface area contributed by atoms with Crippen LogP contribution in [0.1, 0.15) is 19.3 Å². The molecule has 0 radical (unpaired) electrons. The van der Waals surface area contributed by atoms with Gasteiger partial charge in [-0.1, -0.05) is 22.0 Å². The molecule has 0 aliphatic rings. The summed E-state index contributed by atoms with van der Waals surface area (Å²) >= 11 is 3.33. The van der Waals surface area contributed by atoms with Crippen LogP contribution in [-0.4, -0.2) is 29.7 Å². The molecule has 70 valence electrons. The first kappa shape index (κ1) is 11.7. The highest BCUT2D eigenvalue weighted by Gasteiger charge is 2.05. The number of hydrogen-bond donors (Lipinski definition) is 0. The Morgan fingerprint density at radius 3 is 2.75 bits per heavy atom. The van der Waals surface area contributed by atoms with Gasteiger partial charge in [0, 0.05) is 25.3 Å². The first-order valence-electron chi connectivity index (χ1n) is 4.13. The maximum atomic E-state index is 11.3. The van der Waals surface area contributed by atoms with E-state index in [1.54, 1.807) is 18.0 Å². The quantitative estimate of drug-likeness (QED) is 0.392. The molecule has 0 aromatic rings. The SMILES string of the molecule is C=CCN(C)C(=O)CCCCBr. The van der Waals surface area contributed by atoms with Crippen LogP contribution >= 0.6 is 15.9 Å². The molecule has 0 saturated carbocycles. The van der Waals surface area contributed by atoms with Gasteiger partial charge in [0.15, 0.2) is 0 Å². The number of carbonyl (C=O) groups is 1. The predicted molar refractivity (Wildman–Crippen MR) is 55.5 cm³/mol. The summed E-state index contributed by atoms with van der Waals surface area (Å²) in [6, 6.07) is 0. The van der Waals surface area contributed by atoms with Crippen molar-refractivity contribution >= 4 is 21.8 Å². The molecule has 0 atom stereocenters. The molecule has 0 heterocycles. The molecule has 12 heavy (non-hydrogen) atoms. The average Bonchev–Trinajstić information content (AvgIpc) is 2.05. The van der Waals surface area contributed by atoms with E-state index in [1.165, 1.54) is 0 Å². The van der Waals surface area contributed by atoms with E-state index in [-0.39, 0.29) is 5.91 Å². The Labute approximate surface area is 82.8 Å². The van der Waals surface area contributed by atoms with Crippen molar-refractivity contribution in [1.82, 2.24) is 4.90 Å². The minimum absolute atomic E-state index is 0.204. The number of nitrogens with zero attached hydrogens (tertiary/aromatic N) is 1. The lowest BCUT2D eigenvalue weighted by Gasteiger charge is -2.14. The molecule has 0 fully saturated rings. The zero-order chi connectivity index (χ0) is 9.40. The van der Waals surface area contributed by atoms with Crippen molar-refractivity contribution < 1.29 is 4.79 Å². The third-order valence-corrected chi connectivity index (χ3v) is 2.16. The van der Waals surface area contributed by atoms with Gasteiger partial charge in [-0.15, -0.1) is 6.58 Å². The third-order valence-electron chi connectivity index (χ3n) is 1.60. The van der Waals surface area contributed by atoms with Gasteiger partial charge in [-0.3, -0.25) is 4.79 Å². The second-order valence-electron chi connectivity index (χ2n) is 2.71. The van der Waals surface area contributed by atoms with Crippen LogP contribution in [0.3, 0.4) is 0 Å². The Morgan fingerprint density at radius 1 is 1.58 bits per heavy atom. The van der Waals surface area contributed by atoms with E-state index < -0.39 is 0 Å². The first-order valence-corrected chi connectivity index (χ1v) is 5.25. The van der Waals surface area contributed by atoms with Crippen LogP contribution in [0.4, 0.5) is 0 Å². The Kier molecular flexibility index (Phi) is 7.16. The second kappa shape index (κ2) is 7.35. The molecule has 1 amide bonds. The zero-order valence-electron chi connectivity index (χ0n) is 7.55. The number of likely N-dealkylation sites (N-methyl/N-ethyl adjacent to an activating group) is 1. The molecule has 0 spiro atoms. The second-order valence-corrected chi connectivity index (χ2v) is 3.50. The molecule has 0 aromatic heterocycles. The standard InChI is InChI=1S/C9H16BrNO/c1-3-8-11(2)9(12)6-4-5-7-10/h3H,1,4-8H2,2H3. The van der Waals surface area contributed by atoms with Crippen LogP contribution in [0.15, 0.2) is 12.7 Å². The van der Waals surface area contributed by atoms with E-state index in [0.29, 0.717) is 13.0 Å². The Morgan fingerprint density at radius 2 is 2.25 bits per heavy atom. The fraction of sp³-hybridized carbons (Fsp3) is 0.667. The van der Waals surface area contributed by atoms with Crippen LogP contribution in [0.25, 0.3) is 0 Å². The largest absolute Gasteiger partial charge is 0.342 e. The third kappa shape index (κ3) is 5.35. The van der Waals surface area contributed by atoms with E-state index >= 15 is 0 Å². The molecular formula is C9H16BrNO. The van der Waals surface area contributed by atoms with Crippen molar-refractivity contribution in [2.45, 2.75) is 19.3 Å². The minimum Gasteiger partial charge on any atom is -0.342 e. The van der Waals surface area contributed by atoms with Gasteiger partial charge in [0.25, 0.3) is 0 Å². The number of rotatable bonds is 6. The zero-order valence-corrected chi connectivity index (χ0v) is 9.14. The van der Waals surface area contributed by atoms with Crippen molar-refractivity contribution in [2.75, 3.05) is 18.9 Å². The van der Waals surface area contributed by atoms with Gasteiger partial charge in [0.05, 0.1) is 0 Å². The summed E-state index contributed by atoms with van der Waals surface area (Å²) in [7, 11) is 1.80. The Bertz CT molecular complexity index is 147. The van der Waals surface area contributed by atoms with E-state index in [0.717, 1.165) is 18.2 Å². The molecule has 0 aliphatic carbocycles. The summed E-state index contributed by atoms with van der Waals surface area (Å²) in [4.78, 5) is 13.0. The summed E-state index contributed by atoms with van der Waals surface area (Å²) in [5.41, 5.74) is 0. The molecule has 0 N–H and O–H groups in total. The highest BCUT2D eigenvalue weighted by atomic mass is 79.9. The van der Waals surface area contributed by atoms with Gasteiger partial charge in [0.1, 0.15) is 0 Å². The van der Waals surface area contributed by atoms with Crippen LogP contribution in [0, 0.1) is 0 Å². The summed E-state index contributed by atoms with van der Waals surface area (Å²) in [5.74, 6) is 0.204. The monoisotopic (exact) mass is 233 g/mol. The molecule has 0 aliphatic heterocycles. The van der Waals surface area contributed by atoms with E-state index in [1.807, 2.05) is 0 Å². The van der Waals surface area contributed by atoms with Crippen LogP contribution in [0.2, 0.25) is 0 Å².